The summed E-state index contributed by atoms with van der Waals surface area (Å²) < 4.78 is 3.73. The summed E-state index contributed by atoms with van der Waals surface area (Å²) in [7, 11) is 0. The van der Waals surface area contributed by atoms with Gasteiger partial charge in [-0.05, 0) is 50.3 Å². The molecule has 0 radical (unpaired) electrons. The third kappa shape index (κ3) is 3.34. The van der Waals surface area contributed by atoms with Crippen LogP contribution in [0.4, 0.5) is 0 Å². The number of aryl methyl sites for hydroxylation is 1. The average molecular weight is 388 g/mol. The number of hydrogen-bond donors (Lipinski definition) is 1. The van der Waals surface area contributed by atoms with Crippen molar-refractivity contribution in [3.05, 3.63) is 70.5 Å². The predicted molar refractivity (Wildman–Crippen MR) is 113 cm³/mol. The quantitative estimate of drug-likeness (QED) is 0.492. The van der Waals surface area contributed by atoms with Gasteiger partial charge in [-0.3, -0.25) is 9.13 Å². The fourth-order valence-corrected chi connectivity index (χ4v) is 4.07. The molecular formula is C23H24N4O2. The van der Waals surface area contributed by atoms with Crippen LogP contribution in [0.2, 0.25) is 0 Å². The standard InChI is InChI=1S/C23H24N4O2/c28-14-6-5-9-19-17-7-1-2-8-18(17)24-22(25-19)15-26-20-10-3-4-11-21(20)27(23(26)29)16-12-13-16/h1-4,7-8,10-11,16,28H,5-6,9,12-15H2. The number of aliphatic hydroxyl groups is 1. The molecule has 0 spiro atoms. The molecule has 0 amide bonds. The van der Waals surface area contributed by atoms with Crippen molar-refractivity contribution in [1.82, 2.24) is 19.1 Å². The molecule has 1 saturated carbocycles. The molecule has 0 bridgehead atoms. The van der Waals surface area contributed by atoms with Crippen molar-refractivity contribution < 1.29 is 5.11 Å². The van der Waals surface area contributed by atoms with Crippen LogP contribution in [-0.4, -0.2) is 30.8 Å². The molecule has 0 atom stereocenters. The first-order valence-electron chi connectivity index (χ1n) is 10.3. The highest BCUT2D eigenvalue weighted by Crippen LogP contribution is 2.36. The normalized spacial score (nSPS) is 14.1. The molecule has 1 N–H and O–H groups in total. The Morgan fingerprint density at radius 1 is 0.966 bits per heavy atom. The van der Waals surface area contributed by atoms with Gasteiger partial charge in [0, 0.05) is 18.0 Å². The van der Waals surface area contributed by atoms with Gasteiger partial charge in [0.25, 0.3) is 0 Å². The maximum absolute atomic E-state index is 13.2. The number of fused-ring (bicyclic) bond motifs is 2. The summed E-state index contributed by atoms with van der Waals surface area (Å²) >= 11 is 0. The van der Waals surface area contributed by atoms with Gasteiger partial charge in [-0.15, -0.1) is 0 Å². The molecule has 6 heteroatoms. The first kappa shape index (κ1) is 18.1. The molecule has 5 rings (SSSR count). The lowest BCUT2D eigenvalue weighted by Gasteiger charge is -2.09. The molecule has 1 aliphatic carbocycles. The number of aromatic nitrogens is 4. The van der Waals surface area contributed by atoms with Gasteiger partial charge < -0.3 is 5.11 Å². The van der Waals surface area contributed by atoms with Crippen molar-refractivity contribution in [2.75, 3.05) is 6.61 Å². The van der Waals surface area contributed by atoms with Gasteiger partial charge in [-0.25, -0.2) is 14.8 Å². The van der Waals surface area contributed by atoms with E-state index in [1.165, 1.54) is 0 Å². The number of hydrogen-bond acceptors (Lipinski definition) is 4. The largest absolute Gasteiger partial charge is 0.396 e. The number of aliphatic hydroxyl groups excluding tert-OH is 1. The van der Waals surface area contributed by atoms with Crippen molar-refractivity contribution in [2.45, 2.75) is 44.7 Å². The number of imidazole rings is 1. The summed E-state index contributed by atoms with van der Waals surface area (Å²) in [4.78, 5) is 22.7. The van der Waals surface area contributed by atoms with Crippen LogP contribution in [0.25, 0.3) is 21.9 Å². The molecule has 148 valence electrons. The lowest BCUT2D eigenvalue weighted by Crippen LogP contribution is -2.25. The lowest BCUT2D eigenvalue weighted by atomic mass is 10.1. The van der Waals surface area contributed by atoms with Crippen molar-refractivity contribution in [3.8, 4) is 0 Å². The Hall–Kier alpha value is -2.99. The second-order valence-electron chi connectivity index (χ2n) is 7.74. The highest BCUT2D eigenvalue weighted by atomic mass is 16.2. The molecular weight excluding hydrogens is 364 g/mol. The minimum atomic E-state index is 0.0206. The Morgan fingerprint density at radius 2 is 1.72 bits per heavy atom. The van der Waals surface area contributed by atoms with Crippen LogP contribution in [0, 0.1) is 0 Å². The Labute approximate surface area is 168 Å². The summed E-state index contributed by atoms with van der Waals surface area (Å²) in [5.41, 5.74) is 3.83. The van der Waals surface area contributed by atoms with Gasteiger partial charge >= 0.3 is 5.69 Å². The Balaban J connectivity index is 1.59. The van der Waals surface area contributed by atoms with Crippen molar-refractivity contribution in [2.24, 2.45) is 0 Å². The van der Waals surface area contributed by atoms with E-state index in [-0.39, 0.29) is 12.3 Å². The monoisotopic (exact) mass is 388 g/mol. The lowest BCUT2D eigenvalue weighted by molar-refractivity contribution is 0.284. The second kappa shape index (κ2) is 7.44. The van der Waals surface area contributed by atoms with Crippen LogP contribution < -0.4 is 5.69 Å². The Bertz CT molecular complexity index is 1240. The molecule has 6 nitrogen and oxygen atoms in total. The summed E-state index contributed by atoms with van der Waals surface area (Å²) in [6, 6.07) is 16.3. The topological polar surface area (TPSA) is 72.9 Å². The highest BCUT2D eigenvalue weighted by Gasteiger charge is 2.28. The van der Waals surface area contributed by atoms with E-state index in [1.807, 2.05) is 53.1 Å². The molecule has 0 aliphatic heterocycles. The SMILES string of the molecule is O=c1n(Cc2nc(CCCCO)c3ccccc3n2)c2ccccc2n1C1CC1. The Morgan fingerprint density at radius 3 is 2.52 bits per heavy atom. The van der Waals surface area contributed by atoms with E-state index < -0.39 is 0 Å². The number of unbranched alkanes of at least 4 members (excludes halogenated alkanes) is 1. The number of para-hydroxylation sites is 3. The van der Waals surface area contributed by atoms with Crippen LogP contribution in [0.3, 0.4) is 0 Å². The van der Waals surface area contributed by atoms with Crippen LogP contribution >= 0.6 is 0 Å². The van der Waals surface area contributed by atoms with E-state index >= 15 is 0 Å². The maximum atomic E-state index is 13.2. The van der Waals surface area contributed by atoms with Crippen LogP contribution in [-0.2, 0) is 13.0 Å². The summed E-state index contributed by atoms with van der Waals surface area (Å²) in [5.74, 6) is 0.656. The molecule has 2 aromatic carbocycles. The van der Waals surface area contributed by atoms with Gasteiger partial charge in [-0.1, -0.05) is 30.3 Å². The molecule has 1 fully saturated rings. The fraction of sp³-hybridized carbons (Fsp3) is 0.348. The van der Waals surface area contributed by atoms with Crippen molar-refractivity contribution in [1.29, 1.82) is 0 Å². The van der Waals surface area contributed by atoms with Gasteiger partial charge in [0.1, 0.15) is 5.82 Å². The fourth-order valence-electron chi connectivity index (χ4n) is 4.07. The summed E-state index contributed by atoms with van der Waals surface area (Å²) in [6.45, 7) is 0.544. The van der Waals surface area contributed by atoms with Crippen molar-refractivity contribution in [3.63, 3.8) is 0 Å². The summed E-state index contributed by atoms with van der Waals surface area (Å²) in [6.07, 6.45) is 4.54. The minimum Gasteiger partial charge on any atom is -0.396 e. The predicted octanol–water partition coefficient (Wildman–Crippen LogP) is 3.44. The third-order valence-electron chi connectivity index (χ3n) is 5.63. The average Bonchev–Trinajstić information content (AvgIpc) is 3.54. The molecule has 29 heavy (non-hydrogen) atoms. The van der Waals surface area contributed by atoms with Gasteiger partial charge in [0.05, 0.1) is 28.8 Å². The number of nitrogens with zero attached hydrogens (tertiary/aromatic N) is 4. The van der Waals surface area contributed by atoms with Crippen LogP contribution in [0.5, 0.6) is 0 Å². The van der Waals surface area contributed by atoms with E-state index in [4.69, 9.17) is 15.1 Å². The number of rotatable bonds is 7. The van der Waals surface area contributed by atoms with E-state index in [9.17, 15) is 4.79 Å². The molecule has 4 aromatic rings. The van der Waals surface area contributed by atoms with Crippen LogP contribution in [0.15, 0.2) is 53.3 Å². The van der Waals surface area contributed by atoms with E-state index in [2.05, 4.69) is 0 Å². The smallest absolute Gasteiger partial charge is 0.329 e. The van der Waals surface area contributed by atoms with Gasteiger partial charge in [0.15, 0.2) is 0 Å². The molecule has 2 aromatic heterocycles. The highest BCUT2D eigenvalue weighted by molar-refractivity contribution is 5.81. The second-order valence-corrected chi connectivity index (χ2v) is 7.74. The molecule has 2 heterocycles. The summed E-state index contributed by atoms with van der Waals surface area (Å²) in [5, 5.41) is 10.2. The molecule has 1 aliphatic rings. The third-order valence-corrected chi connectivity index (χ3v) is 5.63. The first-order valence-corrected chi connectivity index (χ1v) is 10.3. The van der Waals surface area contributed by atoms with E-state index in [1.54, 1.807) is 4.57 Å². The first-order chi connectivity index (χ1) is 14.3. The zero-order valence-electron chi connectivity index (χ0n) is 16.3. The van der Waals surface area contributed by atoms with E-state index in [0.717, 1.165) is 59.7 Å². The minimum absolute atomic E-state index is 0.0206. The van der Waals surface area contributed by atoms with Crippen molar-refractivity contribution >= 4 is 21.9 Å². The maximum Gasteiger partial charge on any atom is 0.329 e. The molecule has 0 saturated heterocycles. The zero-order valence-corrected chi connectivity index (χ0v) is 16.3. The Kier molecular flexibility index (Phi) is 4.64. The van der Waals surface area contributed by atoms with Crippen LogP contribution in [0.1, 0.15) is 43.2 Å². The van der Waals surface area contributed by atoms with E-state index in [0.29, 0.717) is 18.4 Å². The molecule has 0 unspecified atom stereocenters. The zero-order chi connectivity index (χ0) is 19.8. The van der Waals surface area contributed by atoms with Gasteiger partial charge in [0.2, 0.25) is 0 Å². The number of benzene rings is 2. The van der Waals surface area contributed by atoms with Gasteiger partial charge in [-0.2, -0.15) is 0 Å².